The van der Waals surface area contributed by atoms with Crippen molar-refractivity contribution in [2.75, 3.05) is 20.4 Å². The molecule has 1 aliphatic carbocycles. The Labute approximate surface area is 142 Å². The second-order valence-corrected chi connectivity index (χ2v) is 5.29. The van der Waals surface area contributed by atoms with Crippen molar-refractivity contribution in [3.63, 3.8) is 0 Å². The van der Waals surface area contributed by atoms with E-state index in [-0.39, 0.29) is 24.0 Å². The van der Waals surface area contributed by atoms with E-state index < -0.39 is 0 Å². The van der Waals surface area contributed by atoms with Crippen molar-refractivity contribution in [3.05, 3.63) is 23.8 Å². The molecule has 1 aliphatic heterocycles. The molecule has 6 heteroatoms. The highest BCUT2D eigenvalue weighted by atomic mass is 127. The van der Waals surface area contributed by atoms with Crippen LogP contribution < -0.4 is 20.1 Å². The monoisotopic (exact) mass is 403 g/mol. The molecule has 0 radical (unpaired) electrons. The predicted octanol–water partition coefficient (Wildman–Crippen LogP) is 2.50. The van der Waals surface area contributed by atoms with Crippen LogP contribution >= 0.6 is 24.0 Å². The highest BCUT2D eigenvalue weighted by Gasteiger charge is 2.17. The molecule has 1 aromatic carbocycles. The molecule has 116 valence electrons. The number of ether oxygens (including phenoxy) is 2. The number of aliphatic imine (C=N–C) groups is 1. The number of hydrogen-bond acceptors (Lipinski definition) is 3. The minimum atomic E-state index is 0. The summed E-state index contributed by atoms with van der Waals surface area (Å²) in [4.78, 5) is 4.24. The summed E-state index contributed by atoms with van der Waals surface area (Å²) >= 11 is 0. The van der Waals surface area contributed by atoms with Crippen LogP contribution in [0.5, 0.6) is 11.5 Å². The fourth-order valence-corrected chi connectivity index (χ4v) is 2.40. The highest BCUT2D eigenvalue weighted by Crippen LogP contribution is 2.32. The van der Waals surface area contributed by atoms with Crippen LogP contribution in [-0.2, 0) is 6.54 Å². The van der Waals surface area contributed by atoms with E-state index in [4.69, 9.17) is 9.47 Å². The van der Waals surface area contributed by atoms with Gasteiger partial charge in [-0.2, -0.15) is 0 Å². The van der Waals surface area contributed by atoms with Gasteiger partial charge in [0, 0.05) is 20.1 Å². The van der Waals surface area contributed by atoms with Gasteiger partial charge in [-0.05, 0) is 36.5 Å². The normalized spacial score (nSPS) is 16.9. The number of nitrogens with one attached hydrogen (secondary N) is 2. The molecule has 0 atom stereocenters. The Bertz CT molecular complexity index is 504. The van der Waals surface area contributed by atoms with Crippen molar-refractivity contribution in [2.24, 2.45) is 10.9 Å². The van der Waals surface area contributed by atoms with Crippen molar-refractivity contribution >= 4 is 29.9 Å². The van der Waals surface area contributed by atoms with E-state index in [2.05, 4.69) is 15.6 Å². The first-order valence-corrected chi connectivity index (χ1v) is 7.18. The summed E-state index contributed by atoms with van der Waals surface area (Å²) in [6.07, 6.45) is 4.05. The van der Waals surface area contributed by atoms with Gasteiger partial charge in [0.2, 0.25) is 6.79 Å². The lowest BCUT2D eigenvalue weighted by Crippen LogP contribution is -2.40. The second kappa shape index (κ2) is 7.72. The maximum atomic E-state index is 5.38. The van der Waals surface area contributed by atoms with Crippen LogP contribution in [0.3, 0.4) is 0 Å². The maximum Gasteiger partial charge on any atom is 0.231 e. The molecule has 0 saturated heterocycles. The first kappa shape index (κ1) is 16.2. The second-order valence-electron chi connectivity index (χ2n) is 5.29. The summed E-state index contributed by atoms with van der Waals surface area (Å²) in [7, 11) is 1.80. The van der Waals surface area contributed by atoms with Gasteiger partial charge in [-0.1, -0.05) is 12.5 Å². The number of hydrogen-bond donors (Lipinski definition) is 2. The molecule has 0 amide bonds. The molecule has 21 heavy (non-hydrogen) atoms. The first-order chi connectivity index (χ1) is 9.85. The summed E-state index contributed by atoms with van der Waals surface area (Å²) in [6, 6.07) is 6.00. The molecule has 0 aromatic heterocycles. The van der Waals surface area contributed by atoms with Crippen LogP contribution in [0.25, 0.3) is 0 Å². The van der Waals surface area contributed by atoms with Crippen molar-refractivity contribution in [3.8, 4) is 11.5 Å². The summed E-state index contributed by atoms with van der Waals surface area (Å²) in [5.74, 6) is 3.32. The molecule has 2 N–H and O–H groups in total. The number of nitrogens with zero attached hydrogens (tertiary/aromatic N) is 1. The fourth-order valence-electron chi connectivity index (χ4n) is 2.40. The summed E-state index contributed by atoms with van der Waals surface area (Å²) in [5.41, 5.74) is 1.15. The van der Waals surface area contributed by atoms with Crippen LogP contribution in [-0.4, -0.2) is 26.3 Å². The first-order valence-electron chi connectivity index (χ1n) is 7.18. The van der Waals surface area contributed by atoms with Crippen molar-refractivity contribution < 1.29 is 9.47 Å². The Morgan fingerprint density at radius 3 is 2.76 bits per heavy atom. The van der Waals surface area contributed by atoms with Crippen molar-refractivity contribution in [2.45, 2.75) is 25.8 Å². The Morgan fingerprint density at radius 1 is 1.24 bits per heavy atom. The lowest BCUT2D eigenvalue weighted by molar-refractivity contribution is 0.174. The number of rotatable bonds is 4. The maximum absolute atomic E-state index is 5.38. The molecule has 0 unspecified atom stereocenters. The van der Waals surface area contributed by atoms with Gasteiger partial charge < -0.3 is 20.1 Å². The molecule has 1 fully saturated rings. The van der Waals surface area contributed by atoms with Crippen LogP contribution in [0.1, 0.15) is 24.8 Å². The third kappa shape index (κ3) is 4.15. The molecular weight excluding hydrogens is 381 g/mol. The average Bonchev–Trinajstić information content (AvgIpc) is 2.88. The number of benzene rings is 1. The van der Waals surface area contributed by atoms with E-state index in [0.29, 0.717) is 6.79 Å². The van der Waals surface area contributed by atoms with Gasteiger partial charge in [0.25, 0.3) is 0 Å². The van der Waals surface area contributed by atoms with E-state index in [1.807, 2.05) is 18.2 Å². The number of fused-ring (bicyclic) bond motifs is 1. The molecule has 2 aliphatic rings. The zero-order valence-electron chi connectivity index (χ0n) is 12.2. The molecule has 1 heterocycles. The van der Waals surface area contributed by atoms with Crippen molar-refractivity contribution in [1.82, 2.24) is 10.6 Å². The molecule has 1 aromatic rings. The zero-order valence-corrected chi connectivity index (χ0v) is 14.6. The van der Waals surface area contributed by atoms with Crippen molar-refractivity contribution in [1.29, 1.82) is 0 Å². The third-order valence-corrected chi connectivity index (χ3v) is 3.90. The van der Waals surface area contributed by atoms with E-state index in [0.717, 1.165) is 42.0 Å². The summed E-state index contributed by atoms with van der Waals surface area (Å²) < 4.78 is 10.7. The quantitative estimate of drug-likeness (QED) is 0.461. The topological polar surface area (TPSA) is 54.9 Å². The highest BCUT2D eigenvalue weighted by molar-refractivity contribution is 14.0. The van der Waals surface area contributed by atoms with Gasteiger partial charge in [0.15, 0.2) is 17.5 Å². The molecule has 0 spiro atoms. The molecular formula is C15H22IN3O2. The third-order valence-electron chi connectivity index (χ3n) is 3.90. The van der Waals surface area contributed by atoms with Gasteiger partial charge >= 0.3 is 0 Å². The van der Waals surface area contributed by atoms with Crippen LogP contribution in [0.2, 0.25) is 0 Å². The summed E-state index contributed by atoms with van der Waals surface area (Å²) in [5, 5.41) is 6.70. The van der Waals surface area contributed by atoms with Gasteiger partial charge in [-0.15, -0.1) is 24.0 Å². The molecule has 1 saturated carbocycles. The Morgan fingerprint density at radius 2 is 2.05 bits per heavy atom. The summed E-state index contributed by atoms with van der Waals surface area (Å²) in [6.45, 7) is 2.05. The standard InChI is InChI=1S/C15H21N3O2.HI/c1-16-15(17-8-11-3-2-4-11)18-9-12-5-6-13-14(7-12)20-10-19-13;/h5-7,11H,2-4,8-10H2,1H3,(H2,16,17,18);1H. The van der Waals surface area contributed by atoms with E-state index in [1.165, 1.54) is 19.3 Å². The molecule has 0 bridgehead atoms. The molecule has 5 nitrogen and oxygen atoms in total. The van der Waals surface area contributed by atoms with E-state index >= 15 is 0 Å². The zero-order chi connectivity index (χ0) is 13.8. The molecule has 3 rings (SSSR count). The van der Waals surface area contributed by atoms with Crippen LogP contribution in [0.15, 0.2) is 23.2 Å². The Balaban J connectivity index is 0.00000161. The average molecular weight is 403 g/mol. The SMILES string of the molecule is CN=C(NCc1ccc2c(c1)OCO2)NCC1CCC1.I. The lowest BCUT2D eigenvalue weighted by atomic mass is 9.85. The minimum Gasteiger partial charge on any atom is -0.454 e. The number of guanidine groups is 1. The Hall–Kier alpha value is -1.18. The largest absolute Gasteiger partial charge is 0.454 e. The van der Waals surface area contributed by atoms with Gasteiger partial charge in [-0.25, -0.2) is 0 Å². The van der Waals surface area contributed by atoms with Gasteiger partial charge in [0.05, 0.1) is 0 Å². The van der Waals surface area contributed by atoms with E-state index in [9.17, 15) is 0 Å². The smallest absolute Gasteiger partial charge is 0.231 e. The van der Waals surface area contributed by atoms with Crippen LogP contribution in [0.4, 0.5) is 0 Å². The Kier molecular flexibility index (Phi) is 5.96. The lowest BCUT2D eigenvalue weighted by Gasteiger charge is -2.26. The number of halogens is 1. The van der Waals surface area contributed by atoms with E-state index in [1.54, 1.807) is 7.05 Å². The van der Waals surface area contributed by atoms with Gasteiger partial charge in [0.1, 0.15) is 0 Å². The fraction of sp³-hybridized carbons (Fsp3) is 0.533. The predicted molar refractivity (Wildman–Crippen MR) is 93.5 cm³/mol. The van der Waals surface area contributed by atoms with Crippen LogP contribution in [0, 0.1) is 5.92 Å². The minimum absolute atomic E-state index is 0. The van der Waals surface area contributed by atoms with Gasteiger partial charge in [-0.3, -0.25) is 4.99 Å².